The van der Waals surface area contributed by atoms with Crippen molar-refractivity contribution in [3.8, 4) is 0 Å². The molecule has 4 N–H and O–H groups in total. The van der Waals surface area contributed by atoms with Crippen molar-refractivity contribution < 1.29 is 38.2 Å². The van der Waals surface area contributed by atoms with Gasteiger partial charge in [0.2, 0.25) is 0 Å². The molecule has 0 aliphatic heterocycles. The molecule has 11 heavy (non-hydrogen) atoms. The van der Waals surface area contributed by atoms with Crippen LogP contribution in [0.2, 0.25) is 0 Å². The molecule has 0 saturated heterocycles. The largest absolute Gasteiger partial charge is 2.00 e. The molecule has 0 amide bonds. The summed E-state index contributed by atoms with van der Waals surface area (Å²) in [6.45, 7) is 0. The Bertz CT molecular complexity index is 171. The Morgan fingerprint density at radius 1 is 1.09 bits per heavy atom. The van der Waals surface area contributed by atoms with Crippen LogP contribution in [-0.4, -0.2) is 109 Å². The van der Waals surface area contributed by atoms with Crippen molar-refractivity contribution in [2.45, 2.75) is 0 Å². The summed E-state index contributed by atoms with van der Waals surface area (Å²) in [5, 5.41) is 13.9. The first kappa shape index (κ1) is 23.0. The Kier molecular flexibility index (Phi) is 24.3. The van der Waals surface area contributed by atoms with E-state index in [9.17, 15) is 0 Å². The van der Waals surface area contributed by atoms with Crippen LogP contribution in [0, 0.1) is 0 Å². The molecular weight excluding hydrogens is 236 g/mol. The van der Waals surface area contributed by atoms with Gasteiger partial charge in [-0.25, -0.2) is 4.79 Å². The van der Waals surface area contributed by atoms with Crippen LogP contribution in [0.1, 0.15) is 5.71 Å². The molecule has 0 rings (SSSR count). The van der Waals surface area contributed by atoms with Gasteiger partial charge >= 0.3 is 92.0 Å². The molecule has 0 saturated carbocycles. The van der Waals surface area contributed by atoms with E-state index in [2.05, 4.69) is 0 Å². The van der Waals surface area contributed by atoms with E-state index in [-0.39, 0.29) is 81.2 Å². The van der Waals surface area contributed by atoms with Crippen LogP contribution in [-0.2, 0) is 10.4 Å². The van der Waals surface area contributed by atoms with Crippen LogP contribution in [0.15, 0.2) is 0 Å². The summed E-state index contributed by atoms with van der Waals surface area (Å²) in [5.74, 6) is 0. The van der Waals surface area contributed by atoms with Crippen molar-refractivity contribution in [3.63, 3.8) is 0 Å². The van der Waals surface area contributed by atoms with Gasteiger partial charge in [-0.2, -0.15) is 8.42 Å². The summed E-state index contributed by atoms with van der Waals surface area (Å²) in [6.07, 6.45) is -1.83. The van der Waals surface area contributed by atoms with Gasteiger partial charge in [-0.05, 0) is 0 Å². The maximum Gasteiger partial charge on any atom is 2.00 e. The summed E-state index contributed by atoms with van der Waals surface area (Å²) >= 11 is 0. The molecule has 64 valence electrons. The summed E-state index contributed by atoms with van der Waals surface area (Å²) in [6, 6.07) is 0. The third-order valence-electron chi connectivity index (χ3n) is 0. The number of hydrogen-bond donors (Lipinski definition) is 4. The fourth-order valence-electron chi connectivity index (χ4n) is 0. The molecule has 0 fully saturated rings. The fraction of sp³-hybridized carbons (Fsp3) is 0. The summed E-state index contributed by atoms with van der Waals surface area (Å²) in [7, 11) is -4.67. The van der Waals surface area contributed by atoms with Gasteiger partial charge in [0.1, 0.15) is 0 Å². The van der Waals surface area contributed by atoms with Gasteiger partial charge in [0.15, 0.2) is 0 Å². The standard InChI is InChI=1S/CH2O3.2Ca.H2O4S.4H/c2-1(3)4;;;1-5(2,3)4;;;;/h(H2,2,3,4);;;(H2,1,2,3,4);;;;/q;2*+2;;4*-1. The van der Waals surface area contributed by atoms with Crippen molar-refractivity contribution in [1.82, 2.24) is 0 Å². The van der Waals surface area contributed by atoms with Crippen molar-refractivity contribution in [3.05, 3.63) is 0 Å². The zero-order chi connectivity index (χ0) is 8.08. The SMILES string of the molecule is O=C(O)O.O=S(=O)(O)O.[Ca+2].[Ca+2].[H-].[H-].[H-].[H-]. The second-order valence-corrected chi connectivity index (χ2v) is 1.63. The maximum absolute atomic E-state index is 8.74. The van der Waals surface area contributed by atoms with E-state index in [0.29, 0.717) is 0 Å². The van der Waals surface area contributed by atoms with E-state index < -0.39 is 16.6 Å². The topological polar surface area (TPSA) is 132 Å². The first-order valence-corrected chi connectivity index (χ1v) is 2.75. The first-order valence-electron chi connectivity index (χ1n) is 1.35. The van der Waals surface area contributed by atoms with Crippen LogP contribution in [0.4, 0.5) is 4.79 Å². The number of rotatable bonds is 0. The van der Waals surface area contributed by atoms with Crippen molar-refractivity contribution >= 4 is 92.0 Å². The van der Waals surface area contributed by atoms with Crippen LogP contribution >= 0.6 is 0 Å². The third-order valence-corrected chi connectivity index (χ3v) is 0. The number of hydrogen-bond acceptors (Lipinski definition) is 3. The molecule has 7 nitrogen and oxygen atoms in total. The van der Waals surface area contributed by atoms with Crippen molar-refractivity contribution in [1.29, 1.82) is 0 Å². The quantitative estimate of drug-likeness (QED) is 0.326. The minimum atomic E-state index is -4.67. The molecule has 0 bridgehead atoms. The van der Waals surface area contributed by atoms with Crippen LogP contribution in [0.25, 0.3) is 0 Å². The Labute approximate surface area is 128 Å². The van der Waals surface area contributed by atoms with Crippen LogP contribution < -0.4 is 0 Å². The molecule has 0 spiro atoms. The van der Waals surface area contributed by atoms with Gasteiger partial charge in [0.25, 0.3) is 0 Å². The van der Waals surface area contributed by atoms with Gasteiger partial charge in [-0.3, -0.25) is 9.11 Å². The van der Waals surface area contributed by atoms with E-state index in [0.717, 1.165) is 0 Å². The monoisotopic (exact) mass is 244 g/mol. The molecule has 10 heteroatoms. The van der Waals surface area contributed by atoms with Crippen molar-refractivity contribution in [2.75, 3.05) is 0 Å². The number of carboxylic acid groups (broad SMARTS) is 2. The minimum Gasteiger partial charge on any atom is -1.00 e. The Balaban J connectivity index is -0.00000000785. The Hall–Kier alpha value is 1.66. The molecule has 0 aromatic carbocycles. The van der Waals surface area contributed by atoms with E-state index in [1.54, 1.807) is 0 Å². The summed E-state index contributed by atoms with van der Waals surface area (Å²) in [4.78, 5) is 8.56. The molecule has 0 unspecified atom stereocenters. The third kappa shape index (κ3) is 395. The molecule has 0 radical (unpaired) electrons. The zero-order valence-corrected chi connectivity index (χ0v) is 10.6. The van der Waals surface area contributed by atoms with E-state index in [4.69, 9.17) is 32.5 Å². The van der Waals surface area contributed by atoms with E-state index in [1.807, 2.05) is 0 Å². The van der Waals surface area contributed by atoms with Gasteiger partial charge < -0.3 is 15.9 Å². The predicted octanol–water partition coefficient (Wildman–Crippen LogP) is -0.742. The second kappa shape index (κ2) is 11.7. The summed E-state index contributed by atoms with van der Waals surface area (Å²) in [5.41, 5.74) is 0. The van der Waals surface area contributed by atoms with Crippen LogP contribution in [0.3, 0.4) is 0 Å². The summed E-state index contributed by atoms with van der Waals surface area (Å²) < 4.78 is 31.6. The van der Waals surface area contributed by atoms with Gasteiger partial charge in [0.05, 0.1) is 0 Å². The molecular formula is CH8Ca2O7S. The maximum atomic E-state index is 8.74. The second-order valence-electron chi connectivity index (χ2n) is 0.730. The van der Waals surface area contributed by atoms with E-state index in [1.165, 1.54) is 0 Å². The molecule has 0 aromatic rings. The minimum absolute atomic E-state index is 0. The Morgan fingerprint density at radius 2 is 1.09 bits per heavy atom. The molecule has 0 aromatic heterocycles. The molecule has 0 aliphatic rings. The van der Waals surface area contributed by atoms with Crippen molar-refractivity contribution in [2.24, 2.45) is 0 Å². The van der Waals surface area contributed by atoms with Crippen LogP contribution in [0.5, 0.6) is 0 Å². The zero-order valence-electron chi connectivity index (χ0n) is 9.34. The smallest absolute Gasteiger partial charge is 1.00 e. The fourth-order valence-corrected chi connectivity index (χ4v) is 0. The van der Waals surface area contributed by atoms with Gasteiger partial charge in [-0.15, -0.1) is 0 Å². The van der Waals surface area contributed by atoms with Gasteiger partial charge in [0, 0.05) is 0 Å². The Morgan fingerprint density at radius 3 is 1.09 bits per heavy atom. The molecule has 0 heterocycles. The van der Waals surface area contributed by atoms with E-state index >= 15 is 0 Å². The molecule has 0 atom stereocenters. The molecule has 0 aliphatic carbocycles. The number of carbonyl (C=O) groups is 1. The predicted molar refractivity (Wildman–Crippen MR) is 40.8 cm³/mol. The average molecular weight is 244 g/mol. The van der Waals surface area contributed by atoms with Gasteiger partial charge in [-0.1, -0.05) is 0 Å². The normalized spacial score (nSPS) is 7.45. The average Bonchev–Trinajstić information content (AvgIpc) is 1.19. The first-order chi connectivity index (χ1) is 3.73.